The molecule has 1 aromatic rings. The van der Waals surface area contributed by atoms with Crippen LogP contribution in [-0.4, -0.2) is 18.0 Å². The Morgan fingerprint density at radius 1 is 1.25 bits per heavy atom. The number of rotatable bonds is 1. The van der Waals surface area contributed by atoms with Crippen LogP contribution in [0.4, 0.5) is 0 Å². The number of oxime groups is 1. The average molecular weight is 221 g/mol. The molecule has 0 aliphatic heterocycles. The number of ether oxygens (including phenoxy) is 1. The van der Waals surface area contributed by atoms with Crippen molar-refractivity contribution in [2.24, 2.45) is 5.16 Å². The lowest BCUT2D eigenvalue weighted by Gasteiger charge is -2.17. The lowest BCUT2D eigenvalue weighted by Crippen LogP contribution is -2.11. The third-order valence-corrected chi connectivity index (χ3v) is 2.60. The predicted octanol–water partition coefficient (Wildman–Crippen LogP) is 3.24. The standard InChI is InChI=1S/C11H13NO2.C2H6/c1-14-9-5-6-10-8(7-9)3-2-4-11(10)12-13;1-2/h5-7,13H,2-4H2,1H3;1-2H3/b12-11-;. The van der Waals surface area contributed by atoms with Gasteiger partial charge in [0.25, 0.3) is 0 Å². The number of fused-ring (bicyclic) bond motifs is 1. The minimum absolute atomic E-state index is 0.786. The lowest BCUT2D eigenvalue weighted by atomic mass is 9.90. The van der Waals surface area contributed by atoms with Crippen LogP contribution in [0.2, 0.25) is 0 Å². The Labute approximate surface area is 96.7 Å². The third-order valence-electron chi connectivity index (χ3n) is 2.60. The molecule has 2 rings (SSSR count). The zero-order valence-corrected chi connectivity index (χ0v) is 10.2. The van der Waals surface area contributed by atoms with Gasteiger partial charge in [0.1, 0.15) is 5.75 Å². The predicted molar refractivity (Wildman–Crippen MR) is 65.6 cm³/mol. The maximum absolute atomic E-state index is 8.82. The van der Waals surface area contributed by atoms with Crippen LogP contribution in [0, 0.1) is 0 Å². The second-order valence-electron chi connectivity index (χ2n) is 3.42. The summed E-state index contributed by atoms with van der Waals surface area (Å²) in [6, 6.07) is 5.87. The first-order valence-corrected chi connectivity index (χ1v) is 5.73. The van der Waals surface area contributed by atoms with Crippen molar-refractivity contribution < 1.29 is 9.94 Å². The van der Waals surface area contributed by atoms with E-state index in [4.69, 9.17) is 9.94 Å². The fourth-order valence-electron chi connectivity index (χ4n) is 1.87. The van der Waals surface area contributed by atoms with Crippen molar-refractivity contribution in [3.8, 4) is 5.75 Å². The summed E-state index contributed by atoms with van der Waals surface area (Å²) in [5.41, 5.74) is 3.05. The van der Waals surface area contributed by atoms with Gasteiger partial charge in [-0.1, -0.05) is 19.0 Å². The first-order valence-electron chi connectivity index (χ1n) is 5.73. The summed E-state index contributed by atoms with van der Waals surface area (Å²) >= 11 is 0. The number of hydrogen-bond acceptors (Lipinski definition) is 3. The van der Waals surface area contributed by atoms with Gasteiger partial charge < -0.3 is 9.94 Å². The van der Waals surface area contributed by atoms with E-state index in [9.17, 15) is 0 Å². The van der Waals surface area contributed by atoms with Gasteiger partial charge in [0.05, 0.1) is 12.8 Å². The van der Waals surface area contributed by atoms with Crippen molar-refractivity contribution in [1.82, 2.24) is 0 Å². The number of nitrogens with zero attached hydrogens (tertiary/aromatic N) is 1. The van der Waals surface area contributed by atoms with Crippen molar-refractivity contribution in [1.29, 1.82) is 0 Å². The molecule has 3 heteroatoms. The van der Waals surface area contributed by atoms with Gasteiger partial charge in [-0.3, -0.25) is 0 Å². The van der Waals surface area contributed by atoms with Gasteiger partial charge >= 0.3 is 0 Å². The van der Waals surface area contributed by atoms with Crippen LogP contribution < -0.4 is 4.74 Å². The summed E-state index contributed by atoms with van der Waals surface area (Å²) < 4.78 is 5.15. The Balaban J connectivity index is 0.000000606. The molecule has 0 radical (unpaired) electrons. The quantitative estimate of drug-likeness (QED) is 0.584. The Morgan fingerprint density at radius 3 is 2.62 bits per heavy atom. The number of aryl methyl sites for hydroxylation is 1. The minimum atomic E-state index is 0.786. The first kappa shape index (κ1) is 12.6. The molecule has 0 saturated heterocycles. The van der Waals surface area contributed by atoms with Gasteiger partial charge in [-0.25, -0.2) is 0 Å². The molecule has 1 N–H and O–H groups in total. The fourth-order valence-corrected chi connectivity index (χ4v) is 1.87. The minimum Gasteiger partial charge on any atom is -0.497 e. The zero-order valence-electron chi connectivity index (χ0n) is 10.2. The maximum Gasteiger partial charge on any atom is 0.119 e. The molecule has 0 amide bonds. The summed E-state index contributed by atoms with van der Waals surface area (Å²) in [5.74, 6) is 0.864. The van der Waals surface area contributed by atoms with Crippen LogP contribution in [0.5, 0.6) is 5.75 Å². The molecule has 1 aliphatic carbocycles. The van der Waals surface area contributed by atoms with Crippen LogP contribution in [0.15, 0.2) is 23.4 Å². The van der Waals surface area contributed by atoms with Crippen molar-refractivity contribution in [3.05, 3.63) is 29.3 Å². The van der Waals surface area contributed by atoms with E-state index >= 15 is 0 Å². The van der Waals surface area contributed by atoms with Gasteiger partial charge in [0, 0.05) is 5.56 Å². The van der Waals surface area contributed by atoms with Crippen molar-refractivity contribution >= 4 is 5.71 Å². The molecule has 0 bridgehead atoms. The highest BCUT2D eigenvalue weighted by molar-refractivity contribution is 6.02. The molecule has 1 aliphatic rings. The van der Waals surface area contributed by atoms with E-state index in [0.29, 0.717) is 0 Å². The molecule has 0 saturated carbocycles. The lowest BCUT2D eigenvalue weighted by molar-refractivity contribution is 0.317. The van der Waals surface area contributed by atoms with E-state index in [0.717, 1.165) is 36.3 Å². The van der Waals surface area contributed by atoms with Gasteiger partial charge in [0.15, 0.2) is 0 Å². The number of methoxy groups -OCH3 is 1. The van der Waals surface area contributed by atoms with E-state index in [1.54, 1.807) is 7.11 Å². The summed E-state index contributed by atoms with van der Waals surface area (Å²) in [4.78, 5) is 0. The van der Waals surface area contributed by atoms with E-state index < -0.39 is 0 Å². The molecule has 0 fully saturated rings. The van der Waals surface area contributed by atoms with Gasteiger partial charge in [-0.05, 0) is 43.0 Å². The molecular formula is C13H19NO2. The molecule has 0 aromatic heterocycles. The molecule has 0 spiro atoms. The third kappa shape index (κ3) is 2.54. The van der Waals surface area contributed by atoms with Crippen LogP contribution in [0.25, 0.3) is 0 Å². The average Bonchev–Trinajstić information content (AvgIpc) is 2.39. The fraction of sp³-hybridized carbons (Fsp3) is 0.462. The van der Waals surface area contributed by atoms with Crippen LogP contribution >= 0.6 is 0 Å². The molecule has 3 nitrogen and oxygen atoms in total. The van der Waals surface area contributed by atoms with E-state index in [-0.39, 0.29) is 0 Å². The Morgan fingerprint density at radius 2 is 2.00 bits per heavy atom. The van der Waals surface area contributed by atoms with Crippen molar-refractivity contribution in [2.45, 2.75) is 33.1 Å². The topological polar surface area (TPSA) is 41.8 Å². The second kappa shape index (κ2) is 6.16. The summed E-state index contributed by atoms with van der Waals surface area (Å²) in [5, 5.41) is 12.1. The van der Waals surface area contributed by atoms with Crippen molar-refractivity contribution in [3.63, 3.8) is 0 Å². The van der Waals surface area contributed by atoms with E-state index in [1.807, 2.05) is 32.0 Å². The van der Waals surface area contributed by atoms with Gasteiger partial charge in [0.2, 0.25) is 0 Å². The molecule has 0 atom stereocenters. The van der Waals surface area contributed by atoms with E-state index in [2.05, 4.69) is 5.16 Å². The zero-order chi connectivity index (χ0) is 12.0. The summed E-state index contributed by atoms with van der Waals surface area (Å²) in [6.07, 6.45) is 2.93. The largest absolute Gasteiger partial charge is 0.497 e. The highest BCUT2D eigenvalue weighted by Gasteiger charge is 2.16. The first-order chi connectivity index (χ1) is 7.85. The smallest absolute Gasteiger partial charge is 0.119 e. The highest BCUT2D eigenvalue weighted by Crippen LogP contribution is 2.25. The maximum atomic E-state index is 8.82. The molecule has 0 unspecified atom stereocenters. The Bertz CT molecular complexity index is 372. The normalized spacial score (nSPS) is 16.1. The van der Waals surface area contributed by atoms with Crippen molar-refractivity contribution in [2.75, 3.05) is 7.11 Å². The second-order valence-corrected chi connectivity index (χ2v) is 3.42. The SMILES string of the molecule is CC.COc1ccc2c(c1)CCC/C2=N/O. The number of benzene rings is 1. The Hall–Kier alpha value is -1.51. The molecule has 16 heavy (non-hydrogen) atoms. The summed E-state index contributed by atoms with van der Waals surface area (Å²) in [6.45, 7) is 4.00. The molecule has 88 valence electrons. The van der Waals surface area contributed by atoms with E-state index in [1.165, 1.54) is 5.56 Å². The molecule has 1 aromatic carbocycles. The Kier molecular flexibility index (Phi) is 4.83. The number of hydrogen-bond donors (Lipinski definition) is 1. The summed E-state index contributed by atoms with van der Waals surface area (Å²) in [7, 11) is 1.66. The highest BCUT2D eigenvalue weighted by atomic mass is 16.5. The van der Waals surface area contributed by atoms with Crippen LogP contribution in [0.3, 0.4) is 0 Å². The monoisotopic (exact) mass is 221 g/mol. The van der Waals surface area contributed by atoms with Gasteiger partial charge in [-0.2, -0.15) is 0 Å². The van der Waals surface area contributed by atoms with Gasteiger partial charge in [-0.15, -0.1) is 0 Å². The van der Waals surface area contributed by atoms with Crippen LogP contribution in [-0.2, 0) is 6.42 Å². The molecular weight excluding hydrogens is 202 g/mol. The van der Waals surface area contributed by atoms with Crippen LogP contribution in [0.1, 0.15) is 37.8 Å². The molecule has 0 heterocycles.